The van der Waals surface area contributed by atoms with Gasteiger partial charge in [-0.1, -0.05) is 31.0 Å². The fraction of sp³-hybridized carbons (Fsp3) is 0.320. The summed E-state index contributed by atoms with van der Waals surface area (Å²) in [6, 6.07) is 12.0. The highest BCUT2D eigenvalue weighted by Gasteiger charge is 2.36. The number of aromatic nitrogens is 4. The van der Waals surface area contributed by atoms with Crippen LogP contribution in [-0.2, 0) is 16.1 Å². The van der Waals surface area contributed by atoms with Gasteiger partial charge in [0.1, 0.15) is 24.2 Å². The van der Waals surface area contributed by atoms with Crippen molar-refractivity contribution in [2.24, 2.45) is 0 Å². The number of carbonyl (C=O) groups is 2. The minimum absolute atomic E-state index is 0.00414. The van der Waals surface area contributed by atoms with E-state index >= 15 is 4.39 Å². The van der Waals surface area contributed by atoms with Crippen LogP contribution in [0.15, 0.2) is 58.3 Å². The lowest BCUT2D eigenvalue weighted by Gasteiger charge is -2.31. The third-order valence-electron chi connectivity index (χ3n) is 6.09. The highest BCUT2D eigenvalue weighted by Crippen LogP contribution is 2.33. The molecule has 4 aromatic rings. The van der Waals surface area contributed by atoms with Crippen LogP contribution in [0.1, 0.15) is 42.4 Å². The summed E-state index contributed by atoms with van der Waals surface area (Å²) in [6.07, 6.45) is 3.85. The number of carbonyl (C=O) groups excluding carboxylic acids is 2. The van der Waals surface area contributed by atoms with Crippen LogP contribution < -0.4 is 10.2 Å². The zero-order valence-electron chi connectivity index (χ0n) is 19.6. The maximum Gasteiger partial charge on any atom is 0.251 e. The molecule has 1 N–H and O–H groups in total. The average Bonchev–Trinajstić information content (AvgIpc) is 3.66. The third kappa shape index (κ3) is 5.06. The summed E-state index contributed by atoms with van der Waals surface area (Å²) < 4.78 is 20.6. The van der Waals surface area contributed by atoms with Crippen LogP contribution in [0.2, 0.25) is 0 Å². The van der Waals surface area contributed by atoms with Gasteiger partial charge in [0, 0.05) is 10.9 Å². The Hall–Kier alpha value is -3.86. The third-order valence-corrected chi connectivity index (χ3v) is 7.02. The van der Waals surface area contributed by atoms with Crippen LogP contribution in [0.25, 0.3) is 11.6 Å². The second-order valence-electron chi connectivity index (χ2n) is 8.68. The van der Waals surface area contributed by atoms with Gasteiger partial charge in [0.05, 0.1) is 5.69 Å². The predicted molar refractivity (Wildman–Crippen MR) is 132 cm³/mol. The van der Waals surface area contributed by atoms with E-state index in [0.29, 0.717) is 16.4 Å². The van der Waals surface area contributed by atoms with Crippen LogP contribution in [-0.4, -0.2) is 38.1 Å². The molecule has 1 aliphatic rings. The Kier molecular flexibility index (Phi) is 6.90. The molecule has 0 saturated heterocycles. The van der Waals surface area contributed by atoms with Crippen molar-refractivity contribution in [3.8, 4) is 11.6 Å². The molecule has 0 aliphatic heterocycles. The lowest BCUT2D eigenvalue weighted by Crippen LogP contribution is -2.47. The number of aryl methyl sites for hydroxylation is 1. The number of nitrogens with one attached hydrogen (secondary N) is 1. The molecule has 36 heavy (non-hydrogen) atoms. The second kappa shape index (κ2) is 10.4. The summed E-state index contributed by atoms with van der Waals surface area (Å²) in [5, 5.41) is 17.1. The monoisotopic (exact) mass is 508 g/mol. The average molecular weight is 509 g/mol. The fourth-order valence-electron chi connectivity index (χ4n) is 4.40. The summed E-state index contributed by atoms with van der Waals surface area (Å²) >= 11 is 1.33. The maximum absolute atomic E-state index is 15.1. The standard InChI is InChI=1S/C25H25FN6O3S/c1-16-12-13-20(35-16)24-28-30-31(29-24)15-22(33)32(19-10-5-4-9-18(19)26)23(21-11-6-14-36-21)25(34)27-17-7-2-3-8-17/h4-6,9-14,17,23H,2-3,7-8,15H2,1H3,(H,27,34)/t23-/m0/s1. The van der Waals surface area contributed by atoms with Crippen molar-refractivity contribution in [3.05, 3.63) is 70.4 Å². The van der Waals surface area contributed by atoms with Gasteiger partial charge in [0.25, 0.3) is 5.91 Å². The van der Waals surface area contributed by atoms with Crippen LogP contribution in [0.4, 0.5) is 10.1 Å². The van der Waals surface area contributed by atoms with Crippen molar-refractivity contribution in [2.45, 2.75) is 51.2 Å². The van der Waals surface area contributed by atoms with E-state index < -0.39 is 17.8 Å². The first-order valence-electron chi connectivity index (χ1n) is 11.7. The topological polar surface area (TPSA) is 106 Å². The van der Waals surface area contributed by atoms with Crippen LogP contribution >= 0.6 is 11.3 Å². The van der Waals surface area contributed by atoms with Gasteiger partial charge in [-0.2, -0.15) is 4.80 Å². The predicted octanol–water partition coefficient (Wildman–Crippen LogP) is 4.28. The number of halogens is 1. The SMILES string of the molecule is Cc1ccc(-c2nnn(CC(=O)N(c3ccccc3F)[C@H](C(=O)NC3CCCC3)c3cccs3)n2)o1. The number of hydrogen-bond acceptors (Lipinski definition) is 7. The quantitative estimate of drug-likeness (QED) is 0.381. The largest absolute Gasteiger partial charge is 0.458 e. The van der Waals surface area contributed by atoms with Crippen LogP contribution in [0, 0.1) is 12.7 Å². The number of amides is 2. The first kappa shape index (κ1) is 23.9. The van der Waals surface area contributed by atoms with Gasteiger partial charge in [-0.3, -0.25) is 14.5 Å². The zero-order chi connectivity index (χ0) is 25.1. The summed E-state index contributed by atoms with van der Waals surface area (Å²) in [5.41, 5.74) is 0.00414. The van der Waals surface area contributed by atoms with Gasteiger partial charge in [-0.25, -0.2) is 4.39 Å². The molecule has 1 fully saturated rings. The molecule has 1 saturated carbocycles. The van der Waals surface area contributed by atoms with Crippen molar-refractivity contribution < 1.29 is 18.4 Å². The molecular weight excluding hydrogens is 483 g/mol. The Bertz CT molecular complexity index is 1350. The number of furan rings is 1. The van der Waals surface area contributed by atoms with E-state index in [0.717, 1.165) is 30.5 Å². The van der Waals surface area contributed by atoms with E-state index in [-0.39, 0.29) is 30.0 Å². The zero-order valence-corrected chi connectivity index (χ0v) is 20.4. The first-order chi connectivity index (χ1) is 17.5. The van der Waals surface area contributed by atoms with E-state index in [2.05, 4.69) is 20.7 Å². The number of benzene rings is 1. The second-order valence-corrected chi connectivity index (χ2v) is 9.66. The number of hydrogen-bond donors (Lipinski definition) is 1. The van der Waals surface area contributed by atoms with E-state index in [1.807, 2.05) is 5.38 Å². The van der Waals surface area contributed by atoms with E-state index in [1.165, 1.54) is 34.4 Å². The smallest absolute Gasteiger partial charge is 0.251 e. The minimum atomic E-state index is -1.05. The van der Waals surface area contributed by atoms with Crippen LogP contribution in [0.5, 0.6) is 0 Å². The molecule has 5 rings (SSSR count). The number of rotatable bonds is 8. The first-order valence-corrected chi connectivity index (χ1v) is 12.6. The van der Waals surface area contributed by atoms with Crippen molar-refractivity contribution in [1.82, 2.24) is 25.5 Å². The number of nitrogens with zero attached hydrogens (tertiary/aromatic N) is 5. The van der Waals surface area contributed by atoms with E-state index in [4.69, 9.17) is 4.42 Å². The molecule has 11 heteroatoms. The molecule has 0 spiro atoms. The van der Waals surface area contributed by atoms with Crippen molar-refractivity contribution in [3.63, 3.8) is 0 Å². The Morgan fingerprint density at radius 2 is 2.00 bits per heavy atom. The maximum atomic E-state index is 15.1. The summed E-state index contributed by atoms with van der Waals surface area (Å²) in [6.45, 7) is 1.45. The number of anilines is 1. The summed E-state index contributed by atoms with van der Waals surface area (Å²) in [5.74, 6) is -0.180. The van der Waals surface area contributed by atoms with Crippen molar-refractivity contribution >= 4 is 28.8 Å². The molecule has 1 aliphatic carbocycles. The van der Waals surface area contributed by atoms with Gasteiger partial charge in [-0.05, 0) is 60.7 Å². The van der Waals surface area contributed by atoms with Crippen molar-refractivity contribution in [1.29, 1.82) is 0 Å². The van der Waals surface area contributed by atoms with Gasteiger partial charge in [-0.15, -0.1) is 21.5 Å². The minimum Gasteiger partial charge on any atom is -0.458 e. The molecule has 1 aromatic carbocycles. The van der Waals surface area contributed by atoms with Gasteiger partial charge in [0.2, 0.25) is 11.7 Å². The lowest BCUT2D eigenvalue weighted by atomic mass is 10.1. The Morgan fingerprint density at radius 3 is 2.69 bits per heavy atom. The van der Waals surface area contributed by atoms with Gasteiger partial charge < -0.3 is 9.73 Å². The molecule has 9 nitrogen and oxygen atoms in total. The molecule has 186 valence electrons. The molecule has 3 heterocycles. The Labute approximate surface area is 210 Å². The van der Waals surface area contributed by atoms with Gasteiger partial charge in [0.15, 0.2) is 5.76 Å². The number of para-hydroxylation sites is 1. The molecule has 0 bridgehead atoms. The number of tetrazole rings is 1. The molecule has 1 atom stereocenters. The highest BCUT2D eigenvalue weighted by molar-refractivity contribution is 7.10. The molecule has 0 radical (unpaired) electrons. The Morgan fingerprint density at radius 1 is 1.19 bits per heavy atom. The molecule has 3 aromatic heterocycles. The highest BCUT2D eigenvalue weighted by atomic mass is 32.1. The Balaban J connectivity index is 1.48. The molecular formula is C25H25FN6O3S. The van der Waals surface area contributed by atoms with Crippen molar-refractivity contribution in [2.75, 3.05) is 4.90 Å². The van der Waals surface area contributed by atoms with E-state index in [1.54, 1.807) is 37.3 Å². The van der Waals surface area contributed by atoms with Gasteiger partial charge >= 0.3 is 0 Å². The van der Waals surface area contributed by atoms with Crippen LogP contribution in [0.3, 0.4) is 0 Å². The summed E-state index contributed by atoms with van der Waals surface area (Å²) in [4.78, 5) is 30.3. The molecule has 0 unspecified atom stereocenters. The fourth-order valence-corrected chi connectivity index (χ4v) is 5.21. The molecule has 2 amide bonds. The van der Waals surface area contributed by atoms with E-state index in [9.17, 15) is 9.59 Å². The number of thiophene rings is 1. The summed E-state index contributed by atoms with van der Waals surface area (Å²) in [7, 11) is 0. The normalized spacial score (nSPS) is 14.6. The lowest BCUT2D eigenvalue weighted by molar-refractivity contribution is -0.127.